The number of sulfonamides is 1. The Labute approximate surface area is 178 Å². The van der Waals surface area contributed by atoms with Gasteiger partial charge in [-0.1, -0.05) is 0 Å². The molecule has 1 saturated heterocycles. The van der Waals surface area contributed by atoms with E-state index in [1.165, 1.54) is 33.1 Å². The highest BCUT2D eigenvalue weighted by Crippen LogP contribution is 2.21. The zero-order valence-corrected chi connectivity index (χ0v) is 17.9. The summed E-state index contributed by atoms with van der Waals surface area (Å²) in [7, 11) is -3.55. The lowest BCUT2D eigenvalue weighted by atomic mass is 10.1. The van der Waals surface area contributed by atoms with E-state index >= 15 is 0 Å². The third-order valence-corrected chi connectivity index (χ3v) is 6.93. The maximum Gasteiger partial charge on any atom is 0.378 e. The van der Waals surface area contributed by atoms with Crippen molar-refractivity contribution in [3.63, 3.8) is 0 Å². The zero-order chi connectivity index (χ0) is 22.2. The molecule has 0 N–H and O–H groups in total. The van der Waals surface area contributed by atoms with Crippen LogP contribution in [0.4, 0.5) is 0 Å². The summed E-state index contributed by atoms with van der Waals surface area (Å²) in [5.41, 5.74) is 1.74. The second-order valence-corrected chi connectivity index (χ2v) is 9.26. The Hall–Kier alpha value is -3.18. The molecule has 1 aliphatic rings. The Morgan fingerprint density at radius 1 is 1.06 bits per heavy atom. The van der Waals surface area contributed by atoms with Gasteiger partial charge in [0.1, 0.15) is 0 Å². The Morgan fingerprint density at radius 3 is 2.42 bits per heavy atom. The van der Waals surface area contributed by atoms with Gasteiger partial charge in [-0.25, -0.2) is 22.7 Å². The van der Waals surface area contributed by atoms with Gasteiger partial charge in [-0.15, -0.1) is 5.10 Å². The predicted octanol–water partition coefficient (Wildman–Crippen LogP) is 1.57. The van der Waals surface area contributed by atoms with E-state index in [4.69, 9.17) is 4.74 Å². The number of fused-ring (bicyclic) bond motifs is 1. The van der Waals surface area contributed by atoms with Gasteiger partial charge >= 0.3 is 5.97 Å². The molecular formula is C20H21N5O5S. The molecule has 0 amide bonds. The van der Waals surface area contributed by atoms with Crippen molar-refractivity contribution in [1.29, 1.82) is 0 Å². The lowest BCUT2D eigenvalue weighted by Gasteiger charge is -2.15. The van der Waals surface area contributed by atoms with Crippen LogP contribution in [0.1, 0.15) is 45.2 Å². The van der Waals surface area contributed by atoms with Gasteiger partial charge in [-0.05, 0) is 57.0 Å². The Morgan fingerprint density at radius 2 is 1.74 bits per heavy atom. The molecule has 31 heavy (non-hydrogen) atoms. The van der Waals surface area contributed by atoms with E-state index in [0.717, 1.165) is 24.2 Å². The van der Waals surface area contributed by atoms with Crippen LogP contribution in [0, 0.1) is 13.8 Å². The van der Waals surface area contributed by atoms with Gasteiger partial charge in [0.05, 0.1) is 4.90 Å². The number of carbonyl (C=O) groups is 2. The number of esters is 1. The van der Waals surface area contributed by atoms with Gasteiger partial charge in [0.15, 0.2) is 12.4 Å². The summed E-state index contributed by atoms with van der Waals surface area (Å²) < 4.78 is 33.0. The fourth-order valence-electron chi connectivity index (χ4n) is 3.42. The summed E-state index contributed by atoms with van der Waals surface area (Å²) in [4.78, 5) is 33.0. The first-order valence-corrected chi connectivity index (χ1v) is 11.2. The maximum absolute atomic E-state index is 12.6. The number of rotatable bonds is 6. The minimum atomic E-state index is -3.55. The fraction of sp³-hybridized carbons (Fsp3) is 0.350. The number of hydrogen-bond donors (Lipinski definition) is 0. The molecule has 0 bridgehead atoms. The van der Waals surface area contributed by atoms with E-state index in [-0.39, 0.29) is 22.1 Å². The molecule has 0 spiro atoms. The number of ketones is 1. The molecular weight excluding hydrogens is 422 g/mol. The van der Waals surface area contributed by atoms with Crippen LogP contribution in [0.2, 0.25) is 0 Å². The van der Waals surface area contributed by atoms with E-state index in [2.05, 4.69) is 15.1 Å². The van der Waals surface area contributed by atoms with Crippen LogP contribution >= 0.6 is 0 Å². The summed E-state index contributed by atoms with van der Waals surface area (Å²) in [6.45, 7) is 4.11. The maximum atomic E-state index is 12.6. The van der Waals surface area contributed by atoms with Crippen molar-refractivity contribution >= 4 is 27.6 Å². The Bertz CT molecular complexity index is 1260. The predicted molar refractivity (Wildman–Crippen MR) is 109 cm³/mol. The number of hydrogen-bond acceptors (Lipinski definition) is 8. The van der Waals surface area contributed by atoms with Crippen molar-refractivity contribution < 1.29 is 22.7 Å². The van der Waals surface area contributed by atoms with Crippen LogP contribution < -0.4 is 0 Å². The minimum absolute atomic E-state index is 0.134. The third kappa shape index (κ3) is 4.19. The highest BCUT2D eigenvalue weighted by molar-refractivity contribution is 7.89. The van der Waals surface area contributed by atoms with E-state index in [9.17, 15) is 18.0 Å². The first kappa shape index (κ1) is 21.1. The molecule has 3 heterocycles. The molecule has 0 aliphatic carbocycles. The lowest BCUT2D eigenvalue weighted by Crippen LogP contribution is -2.27. The molecule has 10 nitrogen and oxygen atoms in total. The molecule has 0 atom stereocenters. The molecule has 11 heteroatoms. The molecule has 1 fully saturated rings. The molecule has 4 rings (SSSR count). The topological polar surface area (TPSA) is 124 Å². The Balaban J connectivity index is 1.41. The normalized spacial score (nSPS) is 14.8. The zero-order valence-electron chi connectivity index (χ0n) is 17.1. The monoisotopic (exact) mass is 443 g/mol. The van der Waals surface area contributed by atoms with Crippen molar-refractivity contribution in [2.45, 2.75) is 31.6 Å². The summed E-state index contributed by atoms with van der Waals surface area (Å²) in [5.74, 6) is -1.23. The van der Waals surface area contributed by atoms with E-state index < -0.39 is 28.4 Å². The van der Waals surface area contributed by atoms with Crippen molar-refractivity contribution in [2.24, 2.45) is 0 Å². The molecule has 0 saturated carbocycles. The van der Waals surface area contributed by atoms with Gasteiger partial charge in [0, 0.05) is 30.0 Å². The van der Waals surface area contributed by atoms with Crippen molar-refractivity contribution in [3.05, 3.63) is 53.1 Å². The van der Waals surface area contributed by atoms with E-state index in [0.29, 0.717) is 13.1 Å². The van der Waals surface area contributed by atoms with E-state index in [1.54, 1.807) is 13.0 Å². The van der Waals surface area contributed by atoms with Crippen molar-refractivity contribution in [1.82, 2.24) is 23.9 Å². The number of benzene rings is 1. The molecule has 1 aliphatic heterocycles. The molecule has 3 aromatic rings. The second-order valence-electron chi connectivity index (χ2n) is 7.32. The van der Waals surface area contributed by atoms with Crippen LogP contribution in [-0.2, 0) is 14.8 Å². The Kier molecular flexibility index (Phi) is 5.54. The molecule has 1 aromatic carbocycles. The first-order valence-electron chi connectivity index (χ1n) is 9.77. The highest BCUT2D eigenvalue weighted by Gasteiger charge is 2.27. The van der Waals surface area contributed by atoms with Gasteiger partial charge in [-0.2, -0.15) is 9.29 Å². The molecule has 0 unspecified atom stereocenters. The number of carbonyl (C=O) groups excluding carboxylic acids is 2. The third-order valence-electron chi connectivity index (χ3n) is 5.01. The van der Waals surface area contributed by atoms with Crippen LogP contribution in [0.5, 0.6) is 0 Å². The van der Waals surface area contributed by atoms with Gasteiger partial charge in [0.2, 0.25) is 10.0 Å². The first-order chi connectivity index (χ1) is 14.8. The average molecular weight is 443 g/mol. The number of aryl methyl sites for hydroxylation is 2. The number of ether oxygens (including phenoxy) is 1. The summed E-state index contributed by atoms with van der Waals surface area (Å²) >= 11 is 0. The molecule has 2 aromatic heterocycles. The lowest BCUT2D eigenvalue weighted by molar-refractivity contribution is 0.0463. The number of aromatic nitrogens is 4. The van der Waals surface area contributed by atoms with Crippen LogP contribution in [0.15, 0.2) is 35.2 Å². The standard InChI is InChI=1S/C20H21N5O5S/c1-13-11-14(2)25-20(21-13)22-18(23-25)19(27)30-12-17(26)15-5-7-16(8-6-15)31(28,29)24-9-3-4-10-24/h5-8,11H,3-4,9-10,12H2,1-2H3. The summed E-state index contributed by atoms with van der Waals surface area (Å²) in [5, 5.41) is 4.07. The van der Waals surface area contributed by atoms with Crippen LogP contribution in [0.25, 0.3) is 5.78 Å². The van der Waals surface area contributed by atoms with Crippen LogP contribution in [-0.4, -0.2) is 63.8 Å². The summed E-state index contributed by atoms with van der Waals surface area (Å²) in [6.07, 6.45) is 1.69. The highest BCUT2D eigenvalue weighted by atomic mass is 32.2. The second kappa shape index (κ2) is 8.16. The van der Waals surface area contributed by atoms with Gasteiger partial charge in [0.25, 0.3) is 11.6 Å². The largest absolute Gasteiger partial charge is 0.451 e. The van der Waals surface area contributed by atoms with Gasteiger partial charge in [-0.3, -0.25) is 4.79 Å². The van der Waals surface area contributed by atoms with Crippen molar-refractivity contribution in [3.8, 4) is 0 Å². The quantitative estimate of drug-likeness (QED) is 0.415. The fourth-order valence-corrected chi connectivity index (χ4v) is 4.94. The molecule has 162 valence electrons. The average Bonchev–Trinajstić information content (AvgIpc) is 3.42. The smallest absolute Gasteiger partial charge is 0.378 e. The molecule has 0 radical (unpaired) electrons. The van der Waals surface area contributed by atoms with E-state index in [1.807, 2.05) is 6.92 Å². The SMILES string of the molecule is Cc1cc(C)n2nc(C(=O)OCC(=O)c3ccc(S(=O)(=O)N4CCCC4)cc3)nc2n1. The van der Waals surface area contributed by atoms with Crippen molar-refractivity contribution in [2.75, 3.05) is 19.7 Å². The summed E-state index contributed by atoms with van der Waals surface area (Å²) in [6, 6.07) is 7.41. The van der Waals surface area contributed by atoms with Gasteiger partial charge < -0.3 is 4.74 Å². The number of Topliss-reactive ketones (excluding diaryl/α,β-unsaturated/α-hetero) is 1. The van der Waals surface area contributed by atoms with Crippen LogP contribution in [0.3, 0.4) is 0 Å². The number of nitrogens with zero attached hydrogens (tertiary/aromatic N) is 5. The minimum Gasteiger partial charge on any atom is -0.451 e.